The highest BCUT2D eigenvalue weighted by molar-refractivity contribution is 6.34. The second-order valence-corrected chi connectivity index (χ2v) is 5.89. The summed E-state index contributed by atoms with van der Waals surface area (Å²) in [6.45, 7) is -0.573. The van der Waals surface area contributed by atoms with Crippen molar-refractivity contribution in [1.82, 2.24) is 0 Å². The van der Waals surface area contributed by atoms with Gasteiger partial charge in [0.05, 0.1) is 24.6 Å². The molecule has 0 amide bonds. The molecule has 27 heavy (non-hydrogen) atoms. The maximum atomic E-state index is 12.4. The first-order chi connectivity index (χ1) is 12.9. The highest BCUT2D eigenvalue weighted by Crippen LogP contribution is 2.41. The Labute approximate surface area is 158 Å². The molecule has 0 atom stereocenters. The van der Waals surface area contributed by atoms with E-state index < -0.39 is 12.6 Å². The predicted molar refractivity (Wildman–Crippen MR) is 99.2 cm³/mol. The lowest BCUT2D eigenvalue weighted by Gasteiger charge is -2.15. The normalized spacial score (nSPS) is 10.6. The van der Waals surface area contributed by atoms with Crippen molar-refractivity contribution in [3.8, 4) is 28.6 Å². The number of halogens is 1. The molecule has 2 aromatic carbocycles. The van der Waals surface area contributed by atoms with Crippen LogP contribution in [0.1, 0.15) is 0 Å². The molecule has 3 rings (SSSR count). The summed E-state index contributed by atoms with van der Waals surface area (Å²) in [5.41, 5.74) is 0.424. The van der Waals surface area contributed by atoms with Crippen molar-refractivity contribution < 1.29 is 28.5 Å². The van der Waals surface area contributed by atoms with Gasteiger partial charge in [-0.05, 0) is 24.3 Å². The molecule has 0 aliphatic carbocycles. The van der Waals surface area contributed by atoms with E-state index in [-0.39, 0.29) is 34.0 Å². The average molecular weight is 391 g/mol. The minimum atomic E-state index is -1.15. The SMILES string of the molecule is COc1cc(-c2cc(=O)c3cccc(Cl)c3o2)cc(OCC(=O)O)c1OC. The van der Waals surface area contributed by atoms with Crippen LogP contribution in [-0.2, 0) is 4.79 Å². The number of carboxylic acids is 1. The molecular weight excluding hydrogens is 376 g/mol. The average Bonchev–Trinajstić information content (AvgIpc) is 2.66. The fourth-order valence-corrected chi connectivity index (χ4v) is 2.82. The van der Waals surface area contributed by atoms with Gasteiger partial charge in [0.25, 0.3) is 0 Å². The third-order valence-corrected chi connectivity index (χ3v) is 4.08. The molecule has 1 heterocycles. The van der Waals surface area contributed by atoms with Gasteiger partial charge in [0.2, 0.25) is 5.75 Å². The van der Waals surface area contributed by atoms with Gasteiger partial charge in [0, 0.05) is 11.6 Å². The summed E-state index contributed by atoms with van der Waals surface area (Å²) in [5.74, 6) is -0.274. The van der Waals surface area contributed by atoms with Crippen LogP contribution in [0.25, 0.3) is 22.3 Å². The van der Waals surface area contributed by atoms with Gasteiger partial charge in [-0.15, -0.1) is 0 Å². The quantitative estimate of drug-likeness (QED) is 0.687. The van der Waals surface area contributed by atoms with Crippen molar-refractivity contribution in [2.75, 3.05) is 20.8 Å². The van der Waals surface area contributed by atoms with Crippen molar-refractivity contribution in [1.29, 1.82) is 0 Å². The van der Waals surface area contributed by atoms with Gasteiger partial charge in [0.15, 0.2) is 29.1 Å². The zero-order valence-electron chi connectivity index (χ0n) is 14.4. The maximum Gasteiger partial charge on any atom is 0.341 e. The van der Waals surface area contributed by atoms with Crippen LogP contribution in [0.2, 0.25) is 5.02 Å². The van der Waals surface area contributed by atoms with Crippen LogP contribution in [0.5, 0.6) is 17.2 Å². The Morgan fingerprint density at radius 2 is 1.89 bits per heavy atom. The molecule has 0 saturated heterocycles. The Balaban J connectivity index is 2.20. The van der Waals surface area contributed by atoms with Crippen LogP contribution in [0.4, 0.5) is 0 Å². The lowest BCUT2D eigenvalue weighted by Crippen LogP contribution is -2.10. The minimum Gasteiger partial charge on any atom is -0.493 e. The van der Waals surface area contributed by atoms with Crippen LogP contribution in [0.3, 0.4) is 0 Å². The molecule has 0 spiro atoms. The van der Waals surface area contributed by atoms with E-state index >= 15 is 0 Å². The molecule has 0 aliphatic heterocycles. The zero-order chi connectivity index (χ0) is 19.6. The fraction of sp³-hybridized carbons (Fsp3) is 0.158. The van der Waals surface area contributed by atoms with Crippen LogP contribution < -0.4 is 19.6 Å². The monoisotopic (exact) mass is 390 g/mol. The van der Waals surface area contributed by atoms with Gasteiger partial charge in [0.1, 0.15) is 5.76 Å². The number of aliphatic carboxylic acids is 1. The van der Waals surface area contributed by atoms with Crippen molar-refractivity contribution in [2.45, 2.75) is 0 Å². The zero-order valence-corrected chi connectivity index (χ0v) is 15.2. The van der Waals surface area contributed by atoms with Crippen molar-refractivity contribution >= 4 is 28.5 Å². The molecule has 0 saturated carbocycles. The number of benzene rings is 2. The number of para-hydroxylation sites is 1. The summed E-state index contributed by atoms with van der Waals surface area (Å²) < 4.78 is 21.6. The summed E-state index contributed by atoms with van der Waals surface area (Å²) in [7, 11) is 2.83. The van der Waals surface area contributed by atoms with Crippen molar-refractivity contribution in [3.63, 3.8) is 0 Å². The first kappa shape index (κ1) is 18.6. The second kappa shape index (κ2) is 7.59. The highest BCUT2D eigenvalue weighted by Gasteiger charge is 2.18. The molecule has 1 N–H and O–H groups in total. The molecule has 0 radical (unpaired) electrons. The second-order valence-electron chi connectivity index (χ2n) is 5.48. The molecule has 0 bridgehead atoms. The van der Waals surface area contributed by atoms with Gasteiger partial charge in [-0.2, -0.15) is 0 Å². The first-order valence-corrected chi connectivity index (χ1v) is 8.15. The summed E-state index contributed by atoms with van der Waals surface area (Å²) in [6.07, 6.45) is 0. The molecule has 0 fully saturated rings. The van der Waals surface area contributed by atoms with Gasteiger partial charge in [-0.1, -0.05) is 17.7 Å². The van der Waals surface area contributed by atoms with E-state index in [1.54, 1.807) is 24.3 Å². The summed E-state index contributed by atoms with van der Waals surface area (Å²) in [5, 5.41) is 9.52. The number of carboxylic acid groups (broad SMARTS) is 1. The number of rotatable bonds is 6. The smallest absolute Gasteiger partial charge is 0.341 e. The van der Waals surface area contributed by atoms with Crippen molar-refractivity contribution in [3.05, 3.63) is 51.6 Å². The lowest BCUT2D eigenvalue weighted by atomic mass is 10.1. The molecule has 1 aromatic heterocycles. The molecule has 0 unspecified atom stereocenters. The number of ether oxygens (including phenoxy) is 3. The van der Waals surface area contributed by atoms with E-state index in [4.69, 9.17) is 35.3 Å². The predicted octanol–water partition coefficient (Wildman–Crippen LogP) is 3.59. The van der Waals surface area contributed by atoms with Crippen LogP contribution in [-0.4, -0.2) is 31.9 Å². The Hall–Kier alpha value is -3.19. The minimum absolute atomic E-state index is 0.135. The number of fused-ring (bicyclic) bond motifs is 1. The largest absolute Gasteiger partial charge is 0.493 e. The van der Waals surface area contributed by atoms with Gasteiger partial charge < -0.3 is 23.7 Å². The number of methoxy groups -OCH3 is 2. The van der Waals surface area contributed by atoms with Crippen LogP contribution in [0, 0.1) is 0 Å². The van der Waals surface area contributed by atoms with E-state index in [1.807, 2.05) is 0 Å². The van der Waals surface area contributed by atoms with E-state index in [0.29, 0.717) is 16.0 Å². The molecule has 140 valence electrons. The Morgan fingerprint density at radius 3 is 2.56 bits per heavy atom. The summed E-state index contributed by atoms with van der Waals surface area (Å²) in [6, 6.07) is 9.31. The van der Waals surface area contributed by atoms with Gasteiger partial charge >= 0.3 is 5.97 Å². The molecule has 3 aromatic rings. The number of carbonyl (C=O) groups is 1. The number of hydrogen-bond donors (Lipinski definition) is 1. The Kier molecular flexibility index (Phi) is 5.23. The molecule has 7 nitrogen and oxygen atoms in total. The third-order valence-electron chi connectivity index (χ3n) is 3.79. The van der Waals surface area contributed by atoms with Crippen molar-refractivity contribution in [2.24, 2.45) is 0 Å². The molecular formula is C19H15ClO7. The molecule has 8 heteroatoms. The van der Waals surface area contributed by atoms with E-state index in [1.165, 1.54) is 26.4 Å². The third kappa shape index (κ3) is 3.68. The van der Waals surface area contributed by atoms with Gasteiger partial charge in [-0.25, -0.2) is 4.79 Å². The van der Waals surface area contributed by atoms with Crippen LogP contribution in [0.15, 0.2) is 45.6 Å². The summed E-state index contributed by atoms with van der Waals surface area (Å²) >= 11 is 6.14. The maximum absolute atomic E-state index is 12.4. The van der Waals surface area contributed by atoms with Crippen LogP contribution >= 0.6 is 11.6 Å². The number of hydrogen-bond acceptors (Lipinski definition) is 6. The standard InChI is InChI=1S/C19H15ClO7/c1-24-15-6-10(7-16(19(15)25-2)26-9-17(22)23)14-8-13(21)11-4-3-5-12(20)18(11)27-14/h3-8H,9H2,1-2H3,(H,22,23). The summed E-state index contributed by atoms with van der Waals surface area (Å²) in [4.78, 5) is 23.3. The highest BCUT2D eigenvalue weighted by atomic mass is 35.5. The van der Waals surface area contributed by atoms with E-state index in [9.17, 15) is 9.59 Å². The first-order valence-electron chi connectivity index (χ1n) is 7.78. The lowest BCUT2D eigenvalue weighted by molar-refractivity contribution is -0.139. The van der Waals surface area contributed by atoms with E-state index in [0.717, 1.165) is 0 Å². The fourth-order valence-electron chi connectivity index (χ4n) is 2.60. The van der Waals surface area contributed by atoms with Gasteiger partial charge in [-0.3, -0.25) is 4.79 Å². The molecule has 0 aliphatic rings. The topological polar surface area (TPSA) is 95.2 Å². The van der Waals surface area contributed by atoms with E-state index in [2.05, 4.69) is 0 Å². The Morgan fingerprint density at radius 1 is 1.15 bits per heavy atom. The Bertz CT molecular complexity index is 1070.